The minimum absolute atomic E-state index is 0.0287. The van der Waals surface area contributed by atoms with Gasteiger partial charge >= 0.3 is 6.03 Å². The fraction of sp³-hybridized carbons (Fsp3) is 0.480. The van der Waals surface area contributed by atoms with Gasteiger partial charge in [0.05, 0.1) is 7.11 Å². The van der Waals surface area contributed by atoms with Crippen LogP contribution in [0, 0.1) is 19.8 Å². The third-order valence-corrected chi connectivity index (χ3v) is 5.99. The number of carbonyl (C=O) groups is 1. The van der Waals surface area contributed by atoms with Crippen LogP contribution in [0.1, 0.15) is 29.5 Å². The normalized spacial score (nSPS) is 16.9. The molecule has 0 radical (unpaired) electrons. The summed E-state index contributed by atoms with van der Waals surface area (Å²) < 4.78 is 5.24. The smallest absolute Gasteiger partial charge is 0.321 e. The van der Waals surface area contributed by atoms with Gasteiger partial charge in [-0.3, -0.25) is 0 Å². The number of nitrogens with one attached hydrogen (secondary N) is 1. The quantitative estimate of drug-likeness (QED) is 0.719. The average molecular weight is 410 g/mol. The molecule has 0 aliphatic carbocycles. The number of amides is 2. The van der Waals surface area contributed by atoms with Crippen LogP contribution in [0.15, 0.2) is 42.5 Å². The van der Waals surface area contributed by atoms with Crippen molar-refractivity contribution in [1.29, 1.82) is 0 Å². The van der Waals surface area contributed by atoms with E-state index in [9.17, 15) is 4.79 Å². The Bertz CT molecular complexity index is 835. The second kappa shape index (κ2) is 10.5. The molecule has 1 fully saturated rings. The highest BCUT2D eigenvalue weighted by Gasteiger charge is 2.22. The van der Waals surface area contributed by atoms with E-state index in [2.05, 4.69) is 28.4 Å². The third-order valence-electron chi connectivity index (χ3n) is 5.99. The van der Waals surface area contributed by atoms with Gasteiger partial charge in [0.15, 0.2) is 0 Å². The fourth-order valence-electron chi connectivity index (χ4n) is 4.13. The van der Waals surface area contributed by atoms with Crippen LogP contribution in [0.2, 0.25) is 0 Å². The number of methoxy groups -OCH3 is 1. The molecule has 5 heteroatoms. The number of aryl methyl sites for hydroxylation is 2. The van der Waals surface area contributed by atoms with Crippen LogP contribution < -0.4 is 10.1 Å². The Balaban J connectivity index is 1.47. The molecule has 1 saturated heterocycles. The van der Waals surface area contributed by atoms with E-state index in [1.165, 1.54) is 18.4 Å². The lowest BCUT2D eigenvalue weighted by atomic mass is 9.97. The number of piperidine rings is 1. The summed E-state index contributed by atoms with van der Waals surface area (Å²) in [5.74, 6) is 1.42. The maximum absolute atomic E-state index is 12.7. The van der Waals surface area contributed by atoms with E-state index in [1.54, 1.807) is 7.11 Å². The Labute approximate surface area is 181 Å². The lowest BCUT2D eigenvalue weighted by Gasteiger charge is -2.34. The zero-order chi connectivity index (χ0) is 21.5. The Morgan fingerprint density at radius 3 is 2.70 bits per heavy atom. The number of likely N-dealkylation sites (tertiary alicyclic amines) is 1. The van der Waals surface area contributed by atoms with Gasteiger partial charge in [-0.25, -0.2) is 4.79 Å². The number of anilines is 1. The molecule has 2 aromatic carbocycles. The molecule has 0 unspecified atom stereocenters. The van der Waals surface area contributed by atoms with Crippen LogP contribution >= 0.6 is 0 Å². The van der Waals surface area contributed by atoms with Gasteiger partial charge in [0, 0.05) is 32.4 Å². The van der Waals surface area contributed by atoms with E-state index in [4.69, 9.17) is 4.74 Å². The van der Waals surface area contributed by atoms with Crippen molar-refractivity contribution >= 4 is 11.7 Å². The highest BCUT2D eigenvalue weighted by atomic mass is 16.5. The minimum Gasteiger partial charge on any atom is -0.497 e. The number of urea groups is 1. The summed E-state index contributed by atoms with van der Waals surface area (Å²) in [7, 11) is 3.60. The molecule has 1 aliphatic heterocycles. The summed E-state index contributed by atoms with van der Waals surface area (Å²) in [4.78, 5) is 17.1. The Hall–Kier alpha value is -2.53. The van der Waals surface area contributed by atoms with Crippen molar-refractivity contribution in [3.63, 3.8) is 0 Å². The molecule has 162 valence electrons. The first-order chi connectivity index (χ1) is 14.4. The fourth-order valence-corrected chi connectivity index (χ4v) is 4.13. The summed E-state index contributed by atoms with van der Waals surface area (Å²) in [6, 6.07) is 14.5. The van der Waals surface area contributed by atoms with Crippen molar-refractivity contribution in [3.05, 3.63) is 59.2 Å². The molecule has 1 atom stereocenters. The van der Waals surface area contributed by atoms with Gasteiger partial charge in [-0.1, -0.05) is 24.3 Å². The molecule has 1 heterocycles. The molecule has 2 amide bonds. The topological polar surface area (TPSA) is 44.8 Å². The maximum Gasteiger partial charge on any atom is 0.321 e. The molecular formula is C25H35N3O2. The molecule has 1 aliphatic rings. The minimum atomic E-state index is -0.0287. The van der Waals surface area contributed by atoms with Crippen molar-refractivity contribution in [2.45, 2.75) is 33.1 Å². The van der Waals surface area contributed by atoms with E-state index in [-0.39, 0.29) is 6.03 Å². The molecule has 0 spiro atoms. The third kappa shape index (κ3) is 6.23. The molecular weight excluding hydrogens is 374 g/mol. The summed E-state index contributed by atoms with van der Waals surface area (Å²) in [5.41, 5.74) is 4.47. The van der Waals surface area contributed by atoms with Crippen LogP contribution in [0.4, 0.5) is 10.5 Å². The van der Waals surface area contributed by atoms with Crippen molar-refractivity contribution in [3.8, 4) is 5.75 Å². The lowest BCUT2D eigenvalue weighted by Crippen LogP contribution is -2.43. The first-order valence-electron chi connectivity index (χ1n) is 10.9. The second-order valence-electron chi connectivity index (χ2n) is 8.54. The standard InChI is InChI=1S/C25H35N3O2/c1-19-7-8-20(2)24(16-19)26-25(29)27(3)17-22-6-5-14-28(18-22)15-13-21-9-11-23(30-4)12-10-21/h7-12,16,22H,5-6,13-15,17-18H2,1-4H3,(H,26,29)/t22-/m0/s1. The van der Waals surface area contributed by atoms with Gasteiger partial charge in [0.1, 0.15) is 5.75 Å². The van der Waals surface area contributed by atoms with E-state index < -0.39 is 0 Å². The van der Waals surface area contributed by atoms with E-state index in [0.717, 1.165) is 55.2 Å². The van der Waals surface area contributed by atoms with Gasteiger partial charge in [-0.15, -0.1) is 0 Å². The van der Waals surface area contributed by atoms with E-state index >= 15 is 0 Å². The van der Waals surface area contributed by atoms with Crippen molar-refractivity contribution in [2.24, 2.45) is 5.92 Å². The lowest BCUT2D eigenvalue weighted by molar-refractivity contribution is 0.150. The monoisotopic (exact) mass is 409 g/mol. The second-order valence-corrected chi connectivity index (χ2v) is 8.54. The van der Waals surface area contributed by atoms with E-state index in [0.29, 0.717) is 5.92 Å². The molecule has 2 aromatic rings. The predicted molar refractivity (Wildman–Crippen MR) is 123 cm³/mol. The van der Waals surface area contributed by atoms with Gasteiger partial charge in [-0.05, 0) is 80.5 Å². The SMILES string of the molecule is COc1ccc(CCN2CCC[C@@H](CN(C)C(=O)Nc3cc(C)ccc3C)C2)cc1. The van der Waals surface area contributed by atoms with Crippen LogP contribution in [0.25, 0.3) is 0 Å². The highest BCUT2D eigenvalue weighted by molar-refractivity contribution is 5.90. The number of hydrogen-bond acceptors (Lipinski definition) is 3. The van der Waals surface area contributed by atoms with Crippen LogP contribution in [-0.2, 0) is 6.42 Å². The number of carbonyl (C=O) groups excluding carboxylic acids is 1. The number of hydrogen-bond donors (Lipinski definition) is 1. The van der Waals surface area contributed by atoms with E-state index in [1.807, 2.05) is 50.1 Å². The largest absolute Gasteiger partial charge is 0.497 e. The Kier molecular flexibility index (Phi) is 7.75. The average Bonchev–Trinajstić information content (AvgIpc) is 2.75. The first-order valence-corrected chi connectivity index (χ1v) is 10.9. The van der Waals surface area contributed by atoms with Crippen LogP contribution in [-0.4, -0.2) is 56.2 Å². The predicted octanol–water partition coefficient (Wildman–Crippen LogP) is 4.73. The summed E-state index contributed by atoms with van der Waals surface area (Å²) in [6.45, 7) is 8.11. The Morgan fingerprint density at radius 1 is 1.20 bits per heavy atom. The Morgan fingerprint density at radius 2 is 1.97 bits per heavy atom. The molecule has 5 nitrogen and oxygen atoms in total. The number of rotatable bonds is 7. The molecule has 30 heavy (non-hydrogen) atoms. The van der Waals surface area contributed by atoms with Crippen molar-refractivity contribution < 1.29 is 9.53 Å². The van der Waals surface area contributed by atoms with Gasteiger partial charge < -0.3 is 19.9 Å². The first kappa shape index (κ1) is 22.2. The zero-order valence-corrected chi connectivity index (χ0v) is 18.8. The number of benzene rings is 2. The molecule has 0 saturated carbocycles. The van der Waals surface area contributed by atoms with Gasteiger partial charge in [0.25, 0.3) is 0 Å². The highest BCUT2D eigenvalue weighted by Crippen LogP contribution is 2.20. The molecule has 0 aromatic heterocycles. The summed E-state index contributed by atoms with van der Waals surface area (Å²) >= 11 is 0. The summed E-state index contributed by atoms with van der Waals surface area (Å²) in [5, 5.41) is 3.07. The van der Waals surface area contributed by atoms with Crippen molar-refractivity contribution in [2.75, 3.05) is 45.7 Å². The molecule has 3 rings (SSSR count). The van der Waals surface area contributed by atoms with Gasteiger partial charge in [0.2, 0.25) is 0 Å². The van der Waals surface area contributed by atoms with Crippen LogP contribution in [0.5, 0.6) is 5.75 Å². The van der Waals surface area contributed by atoms with Crippen LogP contribution in [0.3, 0.4) is 0 Å². The summed E-state index contributed by atoms with van der Waals surface area (Å²) in [6.07, 6.45) is 3.42. The molecule has 0 bridgehead atoms. The number of ether oxygens (including phenoxy) is 1. The zero-order valence-electron chi connectivity index (χ0n) is 18.8. The van der Waals surface area contributed by atoms with Crippen molar-refractivity contribution in [1.82, 2.24) is 9.80 Å². The molecule has 1 N–H and O–H groups in total. The maximum atomic E-state index is 12.7. The number of nitrogens with zero attached hydrogens (tertiary/aromatic N) is 2. The van der Waals surface area contributed by atoms with Gasteiger partial charge in [-0.2, -0.15) is 0 Å².